The van der Waals surface area contributed by atoms with Crippen molar-refractivity contribution >= 4 is 57.6 Å². The second-order valence-corrected chi connectivity index (χ2v) is 8.62. The van der Waals surface area contributed by atoms with Crippen LogP contribution in [0.4, 0.5) is 10.5 Å². The van der Waals surface area contributed by atoms with Crippen molar-refractivity contribution in [3.63, 3.8) is 0 Å². The number of nitrogens with one attached hydrogen (secondary N) is 1. The molecule has 0 saturated heterocycles. The van der Waals surface area contributed by atoms with E-state index in [2.05, 4.69) is 43.1 Å². The molecule has 152 valence electrons. The number of carbonyl (C=O) groups excluding carboxylic acids is 1. The summed E-state index contributed by atoms with van der Waals surface area (Å²) in [6.07, 6.45) is 4.42. The van der Waals surface area contributed by atoms with Crippen molar-refractivity contribution in [2.24, 2.45) is 5.10 Å². The van der Waals surface area contributed by atoms with Gasteiger partial charge in [0.15, 0.2) is 0 Å². The largest absolute Gasteiger partial charge is 0.530 e. The van der Waals surface area contributed by atoms with Gasteiger partial charge in [-0.15, -0.1) is 11.3 Å². The Hall–Kier alpha value is -2.99. The molecule has 0 aliphatic rings. The summed E-state index contributed by atoms with van der Waals surface area (Å²) in [5.41, 5.74) is 7.29. The van der Waals surface area contributed by atoms with Crippen LogP contribution in [0.25, 0.3) is 16.9 Å². The van der Waals surface area contributed by atoms with Gasteiger partial charge in [-0.1, -0.05) is 12.1 Å². The lowest BCUT2D eigenvalue weighted by Crippen LogP contribution is -2.37. The highest BCUT2D eigenvalue weighted by molar-refractivity contribution is 14.1. The Morgan fingerprint density at radius 3 is 2.83 bits per heavy atom. The van der Waals surface area contributed by atoms with Crippen LogP contribution >= 0.6 is 33.9 Å². The Bertz CT molecular complexity index is 1220. The predicted octanol–water partition coefficient (Wildman–Crippen LogP) is 3.28. The van der Waals surface area contributed by atoms with Crippen LogP contribution in [0.1, 0.15) is 10.7 Å². The highest BCUT2D eigenvalue weighted by Crippen LogP contribution is 2.22. The van der Waals surface area contributed by atoms with E-state index in [0.29, 0.717) is 10.7 Å². The van der Waals surface area contributed by atoms with Gasteiger partial charge in [-0.25, -0.2) is 9.97 Å². The van der Waals surface area contributed by atoms with E-state index < -0.39 is 6.09 Å². The first-order valence-electron chi connectivity index (χ1n) is 8.88. The normalized spacial score (nSPS) is 11.3. The van der Waals surface area contributed by atoms with E-state index >= 15 is 0 Å². The fourth-order valence-electron chi connectivity index (χ4n) is 2.74. The molecule has 0 unspecified atom stereocenters. The van der Waals surface area contributed by atoms with Gasteiger partial charge in [0, 0.05) is 34.0 Å². The molecule has 0 bridgehead atoms. The maximum absolute atomic E-state index is 10.8. The summed E-state index contributed by atoms with van der Waals surface area (Å²) in [4.78, 5) is 20.8. The average molecular weight is 531 g/mol. The van der Waals surface area contributed by atoms with Crippen molar-refractivity contribution in [1.29, 1.82) is 0 Å². The van der Waals surface area contributed by atoms with E-state index in [-0.39, 0.29) is 6.54 Å². The van der Waals surface area contributed by atoms with Crippen molar-refractivity contribution in [1.82, 2.24) is 19.3 Å². The molecule has 1 aromatic carbocycles. The number of thiazole rings is 1. The van der Waals surface area contributed by atoms with Gasteiger partial charge >= 0.3 is 0 Å². The van der Waals surface area contributed by atoms with Crippen LogP contribution in [0.2, 0.25) is 0 Å². The van der Waals surface area contributed by atoms with Gasteiger partial charge in [-0.2, -0.15) is 5.10 Å². The summed E-state index contributed by atoms with van der Waals surface area (Å²) in [6, 6.07) is 11.9. The molecule has 4 aromatic rings. The number of halogens is 1. The zero-order chi connectivity index (χ0) is 21.1. The van der Waals surface area contributed by atoms with E-state index in [1.807, 2.05) is 53.2 Å². The number of rotatable bonds is 6. The number of nitrogens with zero attached hydrogens (tertiary/aromatic N) is 5. The molecule has 4 rings (SSSR count). The highest BCUT2D eigenvalue weighted by atomic mass is 127. The van der Waals surface area contributed by atoms with Crippen LogP contribution in [-0.4, -0.2) is 38.6 Å². The maximum Gasteiger partial charge on any atom is 0.137 e. The summed E-state index contributed by atoms with van der Waals surface area (Å²) >= 11 is 3.67. The smallest absolute Gasteiger partial charge is 0.137 e. The fraction of sp³-hybridized carbons (Fsp3) is 0.100. The molecule has 0 atom stereocenters. The Balaban J connectivity index is 1.39. The average Bonchev–Trinajstić information content (AvgIpc) is 3.35. The second-order valence-electron chi connectivity index (χ2n) is 6.49. The van der Waals surface area contributed by atoms with Crippen molar-refractivity contribution < 1.29 is 9.90 Å². The number of hydrogen-bond acceptors (Lipinski definition) is 7. The molecule has 8 nitrogen and oxygen atoms in total. The number of anilines is 1. The minimum Gasteiger partial charge on any atom is -0.530 e. The van der Waals surface area contributed by atoms with Crippen LogP contribution < -0.4 is 10.5 Å². The SMILES string of the molecule is CN(Cc1csc(/C=N/Nc2ccc(-c3cn4cc(I)ccc4n3)cc2)n1)C(=O)[O-]. The number of hydrazone groups is 1. The van der Waals surface area contributed by atoms with Crippen molar-refractivity contribution in [2.45, 2.75) is 6.54 Å². The minimum absolute atomic E-state index is 0.184. The molecule has 30 heavy (non-hydrogen) atoms. The Morgan fingerprint density at radius 2 is 2.07 bits per heavy atom. The van der Waals surface area contributed by atoms with E-state index in [9.17, 15) is 9.90 Å². The molecular weight excluding hydrogens is 515 g/mol. The lowest BCUT2D eigenvalue weighted by Gasteiger charge is -2.17. The van der Waals surface area contributed by atoms with E-state index in [4.69, 9.17) is 0 Å². The van der Waals surface area contributed by atoms with Crippen LogP contribution in [-0.2, 0) is 6.54 Å². The number of hydrogen-bond donors (Lipinski definition) is 1. The summed E-state index contributed by atoms with van der Waals surface area (Å²) in [5.74, 6) is 0. The third kappa shape index (κ3) is 4.76. The van der Waals surface area contributed by atoms with Crippen molar-refractivity contribution in [2.75, 3.05) is 12.5 Å². The zero-order valence-electron chi connectivity index (χ0n) is 15.8. The number of pyridine rings is 1. The summed E-state index contributed by atoms with van der Waals surface area (Å²) in [5, 5.41) is 17.4. The maximum atomic E-state index is 10.8. The van der Waals surface area contributed by atoms with Gasteiger partial charge in [-0.05, 0) is 46.9 Å². The first kappa shape index (κ1) is 20.3. The summed E-state index contributed by atoms with van der Waals surface area (Å²) < 4.78 is 3.17. The standard InChI is InChI=1S/C20H17IN6O2S/c1-26(20(28)29)10-16-12-30-19(23-16)8-22-25-15-5-2-13(3-6-15)17-11-27-9-14(21)4-7-18(27)24-17/h2-9,11-12,25H,10H2,1H3,(H,28,29)/p-1/b22-8+. The number of carboxylic acid groups (broad SMARTS) is 1. The molecular formula is C20H16IN6O2S-. The molecule has 0 fully saturated rings. The predicted molar refractivity (Wildman–Crippen MR) is 124 cm³/mol. The zero-order valence-corrected chi connectivity index (χ0v) is 18.8. The first-order valence-corrected chi connectivity index (χ1v) is 10.8. The van der Waals surface area contributed by atoms with Gasteiger partial charge in [0.05, 0.1) is 29.8 Å². The monoisotopic (exact) mass is 531 g/mol. The molecule has 0 aliphatic heterocycles. The van der Waals surface area contributed by atoms with Crippen LogP contribution in [0.5, 0.6) is 0 Å². The summed E-state index contributed by atoms with van der Waals surface area (Å²) in [7, 11) is 1.45. The number of carbonyl (C=O) groups is 1. The fourth-order valence-corrected chi connectivity index (χ4v) is 3.89. The lowest BCUT2D eigenvalue weighted by atomic mass is 10.1. The number of amides is 1. The Morgan fingerprint density at radius 1 is 1.27 bits per heavy atom. The quantitative estimate of drug-likeness (QED) is 0.234. The molecule has 0 spiro atoms. The van der Waals surface area contributed by atoms with Crippen molar-refractivity contribution in [3.05, 3.63) is 68.4 Å². The molecule has 0 aliphatic carbocycles. The Labute approximate surface area is 190 Å². The van der Waals surface area contributed by atoms with E-state index in [1.165, 1.54) is 18.4 Å². The number of benzene rings is 1. The van der Waals surface area contributed by atoms with Crippen LogP contribution in [0, 0.1) is 3.57 Å². The van der Waals surface area contributed by atoms with Gasteiger partial charge in [0.25, 0.3) is 0 Å². The number of aromatic nitrogens is 3. The van der Waals surface area contributed by atoms with E-state index in [1.54, 1.807) is 11.6 Å². The molecule has 3 aromatic heterocycles. The Kier molecular flexibility index (Phi) is 5.95. The first-order chi connectivity index (χ1) is 14.5. The third-order valence-electron chi connectivity index (χ3n) is 4.24. The van der Waals surface area contributed by atoms with Crippen molar-refractivity contribution in [3.8, 4) is 11.3 Å². The highest BCUT2D eigenvalue weighted by Gasteiger charge is 2.06. The molecule has 3 heterocycles. The molecule has 0 saturated carbocycles. The second kappa shape index (κ2) is 8.79. The van der Waals surface area contributed by atoms with E-state index in [0.717, 1.165) is 31.1 Å². The third-order valence-corrected chi connectivity index (χ3v) is 5.71. The molecule has 1 amide bonds. The summed E-state index contributed by atoms with van der Waals surface area (Å²) in [6.45, 7) is 0.184. The van der Waals surface area contributed by atoms with Gasteiger partial charge in [-0.3, -0.25) is 5.43 Å². The van der Waals surface area contributed by atoms with Gasteiger partial charge in [0.1, 0.15) is 16.7 Å². The molecule has 1 N–H and O–H groups in total. The minimum atomic E-state index is -1.23. The van der Waals surface area contributed by atoms with Crippen LogP contribution in [0.15, 0.2) is 59.3 Å². The molecule has 0 radical (unpaired) electrons. The number of fused-ring (bicyclic) bond motifs is 1. The number of imidazole rings is 1. The topological polar surface area (TPSA) is 98.0 Å². The van der Waals surface area contributed by atoms with Gasteiger partial charge in [0.2, 0.25) is 0 Å². The van der Waals surface area contributed by atoms with Crippen LogP contribution in [0.3, 0.4) is 0 Å². The lowest BCUT2D eigenvalue weighted by molar-refractivity contribution is -0.264. The van der Waals surface area contributed by atoms with Gasteiger partial charge < -0.3 is 19.2 Å². The molecule has 10 heteroatoms.